The molecule has 2 saturated heterocycles. The van der Waals surface area contributed by atoms with Crippen LogP contribution in [0.4, 0.5) is 5.69 Å². The van der Waals surface area contributed by atoms with E-state index in [4.69, 9.17) is 9.73 Å². The van der Waals surface area contributed by atoms with E-state index in [0.29, 0.717) is 18.1 Å². The van der Waals surface area contributed by atoms with Crippen LogP contribution in [0.1, 0.15) is 27.2 Å². The van der Waals surface area contributed by atoms with Crippen molar-refractivity contribution in [3.63, 3.8) is 0 Å². The third-order valence-corrected chi connectivity index (χ3v) is 6.39. The summed E-state index contributed by atoms with van der Waals surface area (Å²) >= 11 is 0. The van der Waals surface area contributed by atoms with Crippen LogP contribution in [0.25, 0.3) is 0 Å². The van der Waals surface area contributed by atoms with E-state index in [-0.39, 0.29) is 5.41 Å². The van der Waals surface area contributed by atoms with Crippen molar-refractivity contribution in [2.75, 3.05) is 44.2 Å². The Bertz CT molecular complexity index is 637. The molecule has 0 spiro atoms. The van der Waals surface area contributed by atoms with Crippen LogP contribution in [0.2, 0.25) is 0 Å². The Hall–Kier alpha value is -1.75. The summed E-state index contributed by atoms with van der Waals surface area (Å²) < 4.78 is 5.95. The van der Waals surface area contributed by atoms with Gasteiger partial charge in [0.2, 0.25) is 0 Å². The van der Waals surface area contributed by atoms with E-state index in [1.54, 1.807) is 0 Å². The molecule has 3 unspecified atom stereocenters. The second-order valence-electron chi connectivity index (χ2n) is 8.29. The van der Waals surface area contributed by atoms with Gasteiger partial charge < -0.3 is 19.9 Å². The van der Waals surface area contributed by atoms with Gasteiger partial charge >= 0.3 is 0 Å². The number of para-hydroxylation sites is 1. The molecule has 1 saturated carbocycles. The normalized spacial score (nSPS) is 30.7. The van der Waals surface area contributed by atoms with Gasteiger partial charge in [0, 0.05) is 62.4 Å². The average Bonchev–Trinajstić information content (AvgIpc) is 3.13. The van der Waals surface area contributed by atoms with Gasteiger partial charge in [-0.15, -0.1) is 0 Å². The van der Waals surface area contributed by atoms with Gasteiger partial charge in [0.15, 0.2) is 5.96 Å². The Morgan fingerprint density at radius 3 is 2.62 bits per heavy atom. The van der Waals surface area contributed by atoms with Crippen LogP contribution in [0, 0.1) is 11.3 Å². The maximum Gasteiger partial charge on any atom is 0.194 e. The molecule has 0 radical (unpaired) electrons. The minimum atomic E-state index is 0.182. The molecule has 0 aromatic heterocycles. The fraction of sp³-hybridized carbons (Fsp3) is 0.667. The molecule has 3 fully saturated rings. The van der Waals surface area contributed by atoms with Gasteiger partial charge in [0.25, 0.3) is 0 Å². The number of hydrogen-bond acceptors (Lipinski definition) is 3. The minimum Gasteiger partial charge on any atom is -0.377 e. The Morgan fingerprint density at radius 2 is 1.92 bits per heavy atom. The van der Waals surface area contributed by atoms with Crippen molar-refractivity contribution < 1.29 is 4.74 Å². The lowest BCUT2D eigenvalue weighted by atomic mass is 9.57. The molecule has 142 valence electrons. The molecule has 0 amide bonds. The molecule has 3 atom stereocenters. The first-order chi connectivity index (χ1) is 12.6. The number of nitrogens with zero attached hydrogens (tertiary/aromatic N) is 3. The topological polar surface area (TPSA) is 40.1 Å². The summed E-state index contributed by atoms with van der Waals surface area (Å²) in [4.78, 5) is 9.72. The molecule has 5 heteroatoms. The summed E-state index contributed by atoms with van der Waals surface area (Å²) in [6.07, 6.45) is 1.59. The fourth-order valence-electron chi connectivity index (χ4n) is 4.96. The summed E-state index contributed by atoms with van der Waals surface area (Å²) in [5.74, 6) is 1.72. The zero-order valence-electron chi connectivity index (χ0n) is 16.3. The second-order valence-corrected chi connectivity index (χ2v) is 8.29. The number of aliphatic imine (C=N–C) groups is 1. The highest BCUT2D eigenvalue weighted by Gasteiger charge is 2.59. The van der Waals surface area contributed by atoms with Crippen LogP contribution in [0.15, 0.2) is 35.3 Å². The molecule has 1 aromatic carbocycles. The van der Waals surface area contributed by atoms with Crippen LogP contribution in [0.5, 0.6) is 0 Å². The summed E-state index contributed by atoms with van der Waals surface area (Å²) in [5.41, 5.74) is 1.50. The van der Waals surface area contributed by atoms with Crippen LogP contribution >= 0.6 is 0 Å². The van der Waals surface area contributed by atoms with Crippen molar-refractivity contribution >= 4 is 11.6 Å². The highest BCUT2D eigenvalue weighted by molar-refractivity contribution is 5.81. The van der Waals surface area contributed by atoms with Crippen molar-refractivity contribution in [2.45, 2.75) is 39.3 Å². The number of piperazine rings is 1. The van der Waals surface area contributed by atoms with E-state index in [9.17, 15) is 0 Å². The maximum absolute atomic E-state index is 5.95. The Morgan fingerprint density at radius 1 is 1.19 bits per heavy atom. The summed E-state index contributed by atoms with van der Waals surface area (Å²) in [5, 5.41) is 3.82. The molecule has 1 aromatic rings. The molecular weight excluding hydrogens is 324 g/mol. The first kappa shape index (κ1) is 17.7. The molecule has 5 nitrogen and oxygen atoms in total. The van der Waals surface area contributed by atoms with Gasteiger partial charge in [0.05, 0.1) is 6.10 Å². The van der Waals surface area contributed by atoms with E-state index in [1.165, 1.54) is 12.1 Å². The van der Waals surface area contributed by atoms with Gasteiger partial charge in [0.1, 0.15) is 0 Å². The van der Waals surface area contributed by atoms with Gasteiger partial charge in [-0.1, -0.05) is 32.0 Å². The number of hydrogen-bond donors (Lipinski definition) is 1. The van der Waals surface area contributed by atoms with E-state index in [0.717, 1.165) is 45.3 Å². The quantitative estimate of drug-likeness (QED) is 0.668. The van der Waals surface area contributed by atoms with E-state index >= 15 is 0 Å². The second kappa shape index (κ2) is 7.10. The SMILES string of the molecule is CCN=C(NC1C2CCOC2C1(C)C)N1CCN(c2ccccc2)CC1. The third kappa shape index (κ3) is 3.07. The summed E-state index contributed by atoms with van der Waals surface area (Å²) in [6.45, 7) is 12.6. The number of benzene rings is 1. The molecule has 2 aliphatic heterocycles. The van der Waals surface area contributed by atoms with E-state index in [2.05, 4.69) is 66.2 Å². The number of nitrogens with one attached hydrogen (secondary N) is 1. The highest BCUT2D eigenvalue weighted by atomic mass is 16.5. The number of ether oxygens (including phenoxy) is 1. The first-order valence-electron chi connectivity index (χ1n) is 10.1. The lowest BCUT2D eigenvalue weighted by Gasteiger charge is -2.55. The highest BCUT2D eigenvalue weighted by Crippen LogP contribution is 2.52. The van der Waals surface area contributed by atoms with Crippen molar-refractivity contribution in [3.05, 3.63) is 30.3 Å². The van der Waals surface area contributed by atoms with Crippen LogP contribution in [-0.2, 0) is 4.74 Å². The predicted molar refractivity (Wildman–Crippen MR) is 107 cm³/mol. The molecule has 1 N–H and O–H groups in total. The predicted octanol–water partition coefficient (Wildman–Crippen LogP) is 2.59. The monoisotopic (exact) mass is 356 g/mol. The number of guanidine groups is 1. The molecule has 0 bridgehead atoms. The van der Waals surface area contributed by atoms with Crippen molar-refractivity contribution in [1.82, 2.24) is 10.2 Å². The summed E-state index contributed by atoms with van der Waals surface area (Å²) in [6, 6.07) is 11.2. The molecule has 4 rings (SSSR count). The number of anilines is 1. The van der Waals surface area contributed by atoms with Crippen molar-refractivity contribution in [2.24, 2.45) is 16.3 Å². The van der Waals surface area contributed by atoms with Crippen LogP contribution in [-0.4, -0.2) is 62.3 Å². The van der Waals surface area contributed by atoms with Crippen molar-refractivity contribution in [1.29, 1.82) is 0 Å². The Kier molecular flexibility index (Phi) is 4.82. The Balaban J connectivity index is 1.40. The first-order valence-corrected chi connectivity index (χ1v) is 10.1. The standard InChI is InChI=1S/C21H32N4O/c1-4-22-20(23-18-17-10-15-26-19(17)21(18,2)3)25-13-11-24(12-14-25)16-8-6-5-7-9-16/h5-9,17-19H,4,10-15H2,1-3H3,(H,22,23). The van der Waals surface area contributed by atoms with Crippen molar-refractivity contribution in [3.8, 4) is 0 Å². The lowest BCUT2D eigenvalue weighted by Crippen LogP contribution is -2.68. The zero-order chi connectivity index (χ0) is 18.1. The van der Waals surface area contributed by atoms with Crippen LogP contribution in [0.3, 0.4) is 0 Å². The fourth-order valence-corrected chi connectivity index (χ4v) is 4.96. The largest absolute Gasteiger partial charge is 0.377 e. The third-order valence-electron chi connectivity index (χ3n) is 6.39. The van der Waals surface area contributed by atoms with Gasteiger partial charge in [-0.05, 0) is 25.5 Å². The lowest BCUT2D eigenvalue weighted by molar-refractivity contribution is -0.107. The van der Waals surface area contributed by atoms with Gasteiger partial charge in [-0.2, -0.15) is 0 Å². The maximum atomic E-state index is 5.95. The average molecular weight is 357 g/mol. The molecule has 26 heavy (non-hydrogen) atoms. The minimum absolute atomic E-state index is 0.182. The molecule has 1 aliphatic carbocycles. The van der Waals surface area contributed by atoms with Gasteiger partial charge in [-0.25, -0.2) is 0 Å². The molecule has 2 heterocycles. The summed E-state index contributed by atoms with van der Waals surface area (Å²) in [7, 11) is 0. The van der Waals surface area contributed by atoms with E-state index in [1.807, 2.05) is 0 Å². The van der Waals surface area contributed by atoms with Gasteiger partial charge in [-0.3, -0.25) is 4.99 Å². The van der Waals surface area contributed by atoms with E-state index < -0.39 is 0 Å². The Labute approximate surface area is 157 Å². The molecule has 3 aliphatic rings. The van der Waals surface area contributed by atoms with Crippen LogP contribution < -0.4 is 10.2 Å². The number of rotatable bonds is 3. The molecular formula is C21H32N4O. The zero-order valence-corrected chi connectivity index (χ0v) is 16.3. The number of fused-ring (bicyclic) bond motifs is 1. The smallest absolute Gasteiger partial charge is 0.194 e.